The van der Waals surface area contributed by atoms with Gasteiger partial charge in [0.25, 0.3) is 5.91 Å². The van der Waals surface area contributed by atoms with Crippen LogP contribution in [0.4, 0.5) is 5.82 Å². The van der Waals surface area contributed by atoms with Gasteiger partial charge in [-0.1, -0.05) is 48.5 Å². The van der Waals surface area contributed by atoms with E-state index in [4.69, 9.17) is 4.74 Å². The fourth-order valence-electron chi connectivity index (χ4n) is 3.09. The predicted octanol–water partition coefficient (Wildman–Crippen LogP) is 4.64. The number of benzene rings is 2. The van der Waals surface area contributed by atoms with E-state index >= 15 is 0 Å². The van der Waals surface area contributed by atoms with Gasteiger partial charge in [-0.2, -0.15) is 0 Å². The summed E-state index contributed by atoms with van der Waals surface area (Å²) in [4.78, 5) is 17.3. The van der Waals surface area contributed by atoms with E-state index in [0.29, 0.717) is 5.82 Å². The highest BCUT2D eigenvalue weighted by Crippen LogP contribution is 2.28. The lowest BCUT2D eigenvalue weighted by molar-refractivity contribution is -0.118. The maximum absolute atomic E-state index is 12.6. The molecule has 0 aliphatic rings. The highest BCUT2D eigenvalue weighted by atomic mass is 16.5. The molecule has 2 heterocycles. The molecule has 0 fully saturated rings. The van der Waals surface area contributed by atoms with Gasteiger partial charge >= 0.3 is 0 Å². The topological polar surface area (TPSA) is 55.6 Å². The number of nitrogens with zero attached hydrogens (tertiary/aromatic N) is 2. The van der Waals surface area contributed by atoms with Gasteiger partial charge in [0.1, 0.15) is 22.9 Å². The van der Waals surface area contributed by atoms with Crippen molar-refractivity contribution in [2.24, 2.45) is 0 Å². The standard InChI is InChI=1S/C23H21N3O2/c1-16-11-12-17(2)19(14-16)28-15-21(27)25-23-22(18-8-4-3-5-9-18)24-20-10-6-7-13-26(20)23/h3-14H,15H2,1-2H3,(H,25,27). The van der Waals surface area contributed by atoms with Crippen LogP contribution in [0.5, 0.6) is 5.75 Å². The van der Waals surface area contributed by atoms with Crippen molar-refractivity contribution in [2.45, 2.75) is 13.8 Å². The molecule has 2 aromatic heterocycles. The second kappa shape index (κ2) is 7.56. The lowest BCUT2D eigenvalue weighted by Gasteiger charge is -2.11. The second-order valence-electron chi connectivity index (χ2n) is 6.71. The van der Waals surface area contributed by atoms with Crippen LogP contribution in [-0.4, -0.2) is 21.9 Å². The molecular formula is C23H21N3O2. The fraction of sp³-hybridized carbons (Fsp3) is 0.130. The van der Waals surface area contributed by atoms with E-state index < -0.39 is 0 Å². The average Bonchev–Trinajstić information content (AvgIpc) is 3.08. The van der Waals surface area contributed by atoms with E-state index in [9.17, 15) is 4.79 Å². The third-order valence-corrected chi connectivity index (χ3v) is 4.54. The Morgan fingerprint density at radius 1 is 1.04 bits per heavy atom. The molecule has 4 rings (SSSR count). The summed E-state index contributed by atoms with van der Waals surface area (Å²) in [6.45, 7) is 3.89. The van der Waals surface area contributed by atoms with Crippen molar-refractivity contribution in [1.82, 2.24) is 9.38 Å². The van der Waals surface area contributed by atoms with Gasteiger partial charge in [0.15, 0.2) is 6.61 Å². The van der Waals surface area contributed by atoms with Gasteiger partial charge in [-0.3, -0.25) is 9.20 Å². The molecule has 0 aliphatic heterocycles. The van der Waals surface area contributed by atoms with Gasteiger partial charge in [0.05, 0.1) is 0 Å². The van der Waals surface area contributed by atoms with E-state index in [2.05, 4.69) is 10.3 Å². The monoisotopic (exact) mass is 371 g/mol. The highest BCUT2D eigenvalue weighted by Gasteiger charge is 2.16. The minimum absolute atomic E-state index is 0.0708. The Balaban J connectivity index is 1.60. The number of carbonyl (C=O) groups excluding carboxylic acids is 1. The first kappa shape index (κ1) is 17.8. The first-order chi connectivity index (χ1) is 13.6. The summed E-state index contributed by atoms with van der Waals surface area (Å²) in [5, 5.41) is 2.97. The number of pyridine rings is 1. The zero-order valence-corrected chi connectivity index (χ0v) is 15.8. The lowest BCUT2D eigenvalue weighted by Crippen LogP contribution is -2.21. The number of rotatable bonds is 5. The Morgan fingerprint density at radius 3 is 2.64 bits per heavy atom. The van der Waals surface area contributed by atoms with Crippen LogP contribution in [0.1, 0.15) is 11.1 Å². The number of aromatic nitrogens is 2. The Labute approximate surface area is 163 Å². The van der Waals surface area contributed by atoms with Gasteiger partial charge in [-0.05, 0) is 43.2 Å². The molecule has 1 N–H and O–H groups in total. The van der Waals surface area contributed by atoms with Crippen LogP contribution in [0, 0.1) is 13.8 Å². The Kier molecular flexibility index (Phi) is 4.81. The number of anilines is 1. The largest absolute Gasteiger partial charge is 0.483 e. The lowest BCUT2D eigenvalue weighted by atomic mass is 10.1. The van der Waals surface area contributed by atoms with Crippen LogP contribution in [0.2, 0.25) is 0 Å². The maximum Gasteiger partial charge on any atom is 0.263 e. The summed E-state index contributed by atoms with van der Waals surface area (Å²) >= 11 is 0. The average molecular weight is 371 g/mol. The zero-order valence-electron chi connectivity index (χ0n) is 15.8. The second-order valence-corrected chi connectivity index (χ2v) is 6.71. The minimum Gasteiger partial charge on any atom is -0.483 e. The molecule has 0 aliphatic carbocycles. The molecule has 5 nitrogen and oxygen atoms in total. The zero-order chi connectivity index (χ0) is 19.5. The summed E-state index contributed by atoms with van der Waals surface area (Å²) in [6, 6.07) is 21.5. The molecule has 28 heavy (non-hydrogen) atoms. The van der Waals surface area contributed by atoms with E-state index in [-0.39, 0.29) is 12.5 Å². The third kappa shape index (κ3) is 3.60. The van der Waals surface area contributed by atoms with E-state index in [1.54, 1.807) is 0 Å². The van der Waals surface area contributed by atoms with Crippen molar-refractivity contribution in [1.29, 1.82) is 0 Å². The number of carbonyl (C=O) groups is 1. The number of nitrogens with one attached hydrogen (secondary N) is 1. The number of ether oxygens (including phenoxy) is 1. The molecule has 140 valence electrons. The minimum atomic E-state index is -0.233. The first-order valence-electron chi connectivity index (χ1n) is 9.14. The van der Waals surface area contributed by atoms with Crippen LogP contribution >= 0.6 is 0 Å². The Hall–Kier alpha value is -3.60. The summed E-state index contributed by atoms with van der Waals surface area (Å²) in [5.41, 5.74) is 4.53. The van der Waals surface area contributed by atoms with Crippen molar-refractivity contribution in [2.75, 3.05) is 11.9 Å². The SMILES string of the molecule is Cc1ccc(C)c(OCC(=O)Nc2c(-c3ccccc3)nc3ccccn23)c1. The van der Waals surface area contributed by atoms with Crippen LogP contribution in [0.3, 0.4) is 0 Å². The fourth-order valence-corrected chi connectivity index (χ4v) is 3.09. The van der Waals surface area contributed by atoms with E-state index in [0.717, 1.165) is 33.8 Å². The number of hydrogen-bond acceptors (Lipinski definition) is 3. The van der Waals surface area contributed by atoms with Crippen LogP contribution in [0.25, 0.3) is 16.9 Å². The third-order valence-electron chi connectivity index (χ3n) is 4.54. The highest BCUT2D eigenvalue weighted by molar-refractivity contribution is 5.95. The van der Waals surface area contributed by atoms with Gasteiger partial charge in [-0.15, -0.1) is 0 Å². The number of imidazole rings is 1. The van der Waals surface area contributed by atoms with E-state index in [1.165, 1.54) is 0 Å². The molecular weight excluding hydrogens is 350 g/mol. The van der Waals surface area contributed by atoms with Crippen molar-refractivity contribution in [3.05, 3.63) is 84.1 Å². The number of aryl methyl sites for hydroxylation is 2. The van der Waals surface area contributed by atoms with E-state index in [1.807, 2.05) is 91.2 Å². The maximum atomic E-state index is 12.6. The molecule has 4 aromatic rings. The number of hydrogen-bond donors (Lipinski definition) is 1. The predicted molar refractivity (Wildman–Crippen MR) is 111 cm³/mol. The van der Waals surface area contributed by atoms with Crippen molar-refractivity contribution in [3.63, 3.8) is 0 Å². The Morgan fingerprint density at radius 2 is 1.82 bits per heavy atom. The smallest absolute Gasteiger partial charge is 0.263 e. The molecule has 0 spiro atoms. The van der Waals surface area contributed by atoms with Crippen molar-refractivity contribution < 1.29 is 9.53 Å². The van der Waals surface area contributed by atoms with Crippen LogP contribution in [-0.2, 0) is 4.79 Å². The molecule has 5 heteroatoms. The molecule has 0 saturated heterocycles. The molecule has 0 radical (unpaired) electrons. The molecule has 0 atom stereocenters. The molecule has 0 saturated carbocycles. The molecule has 0 unspecified atom stereocenters. The summed E-state index contributed by atoms with van der Waals surface area (Å²) in [6.07, 6.45) is 1.88. The van der Waals surface area contributed by atoms with Gasteiger partial charge < -0.3 is 10.1 Å². The molecule has 1 amide bonds. The van der Waals surface area contributed by atoms with Gasteiger partial charge in [-0.25, -0.2) is 4.98 Å². The van der Waals surface area contributed by atoms with Crippen LogP contribution < -0.4 is 10.1 Å². The normalized spacial score (nSPS) is 10.8. The van der Waals surface area contributed by atoms with Gasteiger partial charge in [0.2, 0.25) is 0 Å². The quantitative estimate of drug-likeness (QED) is 0.556. The summed E-state index contributed by atoms with van der Waals surface area (Å²) < 4.78 is 7.62. The van der Waals surface area contributed by atoms with Crippen molar-refractivity contribution >= 4 is 17.4 Å². The first-order valence-corrected chi connectivity index (χ1v) is 9.14. The van der Waals surface area contributed by atoms with Crippen molar-refractivity contribution in [3.8, 4) is 17.0 Å². The molecule has 2 aromatic carbocycles. The van der Waals surface area contributed by atoms with Gasteiger partial charge in [0, 0.05) is 11.8 Å². The number of fused-ring (bicyclic) bond motifs is 1. The summed E-state index contributed by atoms with van der Waals surface area (Å²) in [7, 11) is 0. The summed E-state index contributed by atoms with van der Waals surface area (Å²) in [5.74, 6) is 1.12. The molecule has 0 bridgehead atoms. The number of amides is 1. The Bertz CT molecular complexity index is 1130. The van der Waals surface area contributed by atoms with Crippen LogP contribution in [0.15, 0.2) is 72.9 Å².